The second-order valence-corrected chi connectivity index (χ2v) is 22.7. The van der Waals surface area contributed by atoms with Gasteiger partial charge in [-0.1, -0.05) is 97.6 Å². The number of alkyl carbamates (subject to hydrolysis) is 1. The first-order valence-corrected chi connectivity index (χ1v) is 26.6. The standard InChI is InChI=1S/C54H93N3O7/c1-9-10-11-12-13-14-15-16-17-18-19-20-21-22-23-24-35-55-50(60)63-42-31-33-53(6)40(36-42)26-27-43-45-29-28-44(54(45,7)34-32-46(43)53)39(2)25-30-48(58)56-41-37-47(49(59)62-8)57(38-41)51(61)64-52(3,4)5/h16-17,39-47H,9-15,18-38H2,1-8H3,(H,55,60)(H,56,58)/b17-16-/t39-,40?,41+,42-,43?,44-,45?,46?,47+,53+,54-/m1/s1. The highest BCUT2D eigenvalue weighted by molar-refractivity contribution is 5.83. The molecule has 3 amide bonds. The summed E-state index contributed by atoms with van der Waals surface area (Å²) in [6.45, 7) is 16.1. The number of methoxy groups -OCH3 is 1. The molecule has 2 N–H and O–H groups in total. The molecule has 1 aliphatic heterocycles. The zero-order valence-electron chi connectivity index (χ0n) is 42.0. The third kappa shape index (κ3) is 14.4. The van der Waals surface area contributed by atoms with Gasteiger partial charge in [-0.3, -0.25) is 9.69 Å². The smallest absolute Gasteiger partial charge is 0.411 e. The van der Waals surface area contributed by atoms with E-state index in [1.54, 1.807) is 20.8 Å². The number of fused-ring (bicyclic) bond motifs is 5. The molecule has 10 nitrogen and oxygen atoms in total. The van der Waals surface area contributed by atoms with Crippen LogP contribution in [0.1, 0.15) is 215 Å². The molecule has 5 fully saturated rings. The molecule has 1 heterocycles. The summed E-state index contributed by atoms with van der Waals surface area (Å²) in [7, 11) is 1.32. The molecule has 0 bridgehead atoms. The van der Waals surface area contributed by atoms with E-state index < -0.39 is 23.7 Å². The molecule has 0 aromatic heterocycles. The molecule has 0 radical (unpaired) electrons. The van der Waals surface area contributed by atoms with E-state index in [9.17, 15) is 19.2 Å². The van der Waals surface area contributed by atoms with E-state index in [0.717, 1.165) is 56.3 Å². The summed E-state index contributed by atoms with van der Waals surface area (Å²) in [6, 6.07) is -1.10. The van der Waals surface area contributed by atoms with Crippen LogP contribution in [-0.2, 0) is 23.8 Å². The molecule has 5 aliphatic rings. The molecule has 10 heteroatoms. The van der Waals surface area contributed by atoms with Crippen LogP contribution in [0, 0.1) is 46.3 Å². The summed E-state index contributed by atoms with van der Waals surface area (Å²) in [6.07, 6.45) is 34.3. The van der Waals surface area contributed by atoms with Crippen molar-refractivity contribution >= 4 is 24.1 Å². The fourth-order valence-corrected chi connectivity index (χ4v) is 13.7. The lowest BCUT2D eigenvalue weighted by atomic mass is 9.44. The Labute approximate surface area is 389 Å². The average Bonchev–Trinajstić information content (AvgIpc) is 3.84. The van der Waals surface area contributed by atoms with Crippen molar-refractivity contribution in [2.45, 2.75) is 239 Å². The van der Waals surface area contributed by atoms with Gasteiger partial charge in [-0.2, -0.15) is 0 Å². The van der Waals surface area contributed by atoms with Gasteiger partial charge in [-0.15, -0.1) is 0 Å². The Morgan fingerprint density at radius 3 is 2.09 bits per heavy atom. The zero-order chi connectivity index (χ0) is 46.3. The van der Waals surface area contributed by atoms with Crippen LogP contribution < -0.4 is 10.6 Å². The highest BCUT2D eigenvalue weighted by Gasteiger charge is 2.61. The molecule has 1 saturated heterocycles. The second-order valence-electron chi connectivity index (χ2n) is 22.7. The molecule has 5 rings (SSSR count). The van der Waals surface area contributed by atoms with Gasteiger partial charge < -0.3 is 24.8 Å². The molecule has 4 aliphatic carbocycles. The largest absolute Gasteiger partial charge is 0.467 e. The van der Waals surface area contributed by atoms with E-state index in [1.807, 2.05) is 0 Å². The maximum Gasteiger partial charge on any atom is 0.411 e. The van der Waals surface area contributed by atoms with Gasteiger partial charge in [-0.25, -0.2) is 14.4 Å². The minimum absolute atomic E-state index is 0.0213. The summed E-state index contributed by atoms with van der Waals surface area (Å²) < 4.78 is 16.6. The van der Waals surface area contributed by atoms with Crippen LogP contribution in [-0.4, -0.2) is 73.0 Å². The lowest BCUT2D eigenvalue weighted by Crippen LogP contribution is -2.54. The van der Waals surface area contributed by atoms with Crippen molar-refractivity contribution in [3.63, 3.8) is 0 Å². The van der Waals surface area contributed by atoms with Gasteiger partial charge in [0.1, 0.15) is 17.7 Å². The number of esters is 1. The molecule has 64 heavy (non-hydrogen) atoms. The number of allylic oxidation sites excluding steroid dienone is 2. The number of hydrogen-bond acceptors (Lipinski definition) is 7. The first kappa shape index (κ1) is 52.2. The third-order valence-corrected chi connectivity index (χ3v) is 17.2. The SMILES string of the molecule is CCCCCCCC/C=C\CCCCCCCCNC(=O)O[C@@H]1CC[C@@]2(C)C(CCC3C2CC[C@@]2(C)C3CC[C@@H]2[C@H](C)CCC(=O)N[C@H]2C[C@@H](C(=O)OC)N(C(=O)OC(C)(C)C)C2)C1. The Bertz CT molecular complexity index is 1510. The summed E-state index contributed by atoms with van der Waals surface area (Å²) in [4.78, 5) is 53.1. The number of likely N-dealkylation sites (tertiary alicyclic amines) is 1. The minimum Gasteiger partial charge on any atom is -0.467 e. The number of carbonyl (C=O) groups excluding carboxylic acids is 4. The monoisotopic (exact) mass is 896 g/mol. The number of unbranched alkanes of at least 4 members (excludes halogenated alkanes) is 12. The molecule has 11 atom stereocenters. The van der Waals surface area contributed by atoms with Crippen molar-refractivity contribution in [3.05, 3.63) is 12.2 Å². The average molecular weight is 896 g/mol. The number of hydrogen-bond donors (Lipinski definition) is 2. The Balaban J connectivity index is 0.967. The molecule has 366 valence electrons. The van der Waals surface area contributed by atoms with E-state index in [2.05, 4.69) is 50.5 Å². The highest BCUT2D eigenvalue weighted by atomic mass is 16.6. The van der Waals surface area contributed by atoms with Gasteiger partial charge in [0, 0.05) is 32.0 Å². The molecule has 0 spiro atoms. The van der Waals surface area contributed by atoms with Crippen molar-refractivity contribution in [2.75, 3.05) is 20.2 Å². The zero-order valence-corrected chi connectivity index (χ0v) is 42.0. The van der Waals surface area contributed by atoms with Gasteiger partial charge >= 0.3 is 18.2 Å². The predicted molar refractivity (Wildman–Crippen MR) is 257 cm³/mol. The number of carbonyl (C=O) groups is 4. The lowest BCUT2D eigenvalue weighted by Gasteiger charge is -2.61. The lowest BCUT2D eigenvalue weighted by molar-refractivity contribution is -0.145. The van der Waals surface area contributed by atoms with Crippen molar-refractivity contribution in [2.24, 2.45) is 46.3 Å². The number of rotatable bonds is 23. The summed E-state index contributed by atoms with van der Waals surface area (Å²) >= 11 is 0. The fourth-order valence-electron chi connectivity index (χ4n) is 13.7. The second kappa shape index (κ2) is 24.8. The highest BCUT2D eigenvalue weighted by Crippen LogP contribution is 2.68. The Kier molecular flexibility index (Phi) is 20.3. The first-order chi connectivity index (χ1) is 30.6. The summed E-state index contributed by atoms with van der Waals surface area (Å²) in [5.74, 6) is 3.39. The quantitative estimate of drug-likeness (QED) is 0.0453. The predicted octanol–water partition coefficient (Wildman–Crippen LogP) is 12.9. The Morgan fingerprint density at radius 1 is 0.781 bits per heavy atom. The van der Waals surface area contributed by atoms with Crippen molar-refractivity contribution in [3.8, 4) is 0 Å². The van der Waals surface area contributed by atoms with Gasteiger partial charge in [0.25, 0.3) is 0 Å². The van der Waals surface area contributed by atoms with Gasteiger partial charge in [0.2, 0.25) is 5.91 Å². The summed E-state index contributed by atoms with van der Waals surface area (Å²) in [5, 5.41) is 6.20. The molecule has 0 aromatic rings. The van der Waals surface area contributed by atoms with Crippen molar-refractivity contribution in [1.82, 2.24) is 15.5 Å². The maximum atomic E-state index is 13.3. The molecular formula is C54H93N3O7. The number of amides is 3. The Morgan fingerprint density at radius 2 is 1.42 bits per heavy atom. The maximum absolute atomic E-state index is 13.3. The van der Waals surface area contributed by atoms with Gasteiger partial charge in [0.15, 0.2) is 0 Å². The van der Waals surface area contributed by atoms with Crippen LogP contribution >= 0.6 is 0 Å². The van der Waals surface area contributed by atoms with Crippen LogP contribution in [0.2, 0.25) is 0 Å². The fraction of sp³-hybridized carbons (Fsp3) is 0.889. The van der Waals surface area contributed by atoms with Crippen LogP contribution in [0.5, 0.6) is 0 Å². The van der Waals surface area contributed by atoms with E-state index in [-0.39, 0.29) is 30.7 Å². The van der Waals surface area contributed by atoms with Crippen molar-refractivity contribution < 1.29 is 33.4 Å². The van der Waals surface area contributed by atoms with Crippen LogP contribution in [0.15, 0.2) is 12.2 Å². The molecular weight excluding hydrogens is 803 g/mol. The van der Waals surface area contributed by atoms with Crippen molar-refractivity contribution in [1.29, 1.82) is 0 Å². The van der Waals surface area contributed by atoms with Crippen LogP contribution in [0.25, 0.3) is 0 Å². The molecule has 4 unspecified atom stereocenters. The molecule has 4 saturated carbocycles. The summed E-state index contributed by atoms with van der Waals surface area (Å²) in [5.41, 5.74) is -0.0745. The first-order valence-electron chi connectivity index (χ1n) is 26.6. The number of nitrogens with zero attached hydrogens (tertiary/aromatic N) is 1. The number of ether oxygens (including phenoxy) is 3. The third-order valence-electron chi connectivity index (χ3n) is 17.2. The normalized spacial score (nSPS) is 31.7. The number of nitrogens with one attached hydrogen (secondary N) is 2. The van der Waals surface area contributed by atoms with Crippen LogP contribution in [0.3, 0.4) is 0 Å². The topological polar surface area (TPSA) is 123 Å². The minimum atomic E-state index is -0.774. The van der Waals surface area contributed by atoms with E-state index in [1.165, 1.54) is 128 Å². The van der Waals surface area contributed by atoms with Crippen LogP contribution in [0.4, 0.5) is 9.59 Å². The molecule has 0 aromatic carbocycles. The van der Waals surface area contributed by atoms with E-state index in [4.69, 9.17) is 14.2 Å². The van der Waals surface area contributed by atoms with E-state index in [0.29, 0.717) is 48.0 Å². The Hall–Kier alpha value is -2.78. The van der Waals surface area contributed by atoms with Gasteiger partial charge in [-0.05, 0) is 163 Å². The van der Waals surface area contributed by atoms with E-state index >= 15 is 0 Å². The van der Waals surface area contributed by atoms with Gasteiger partial charge in [0.05, 0.1) is 7.11 Å².